The van der Waals surface area contributed by atoms with Crippen molar-refractivity contribution in [3.63, 3.8) is 0 Å². The van der Waals surface area contributed by atoms with E-state index in [0.717, 1.165) is 0 Å². The minimum Gasteiger partial charge on any atom is -0.480 e. The summed E-state index contributed by atoms with van der Waals surface area (Å²) in [6, 6.07) is -4.25. The van der Waals surface area contributed by atoms with E-state index < -0.39 is 54.0 Å². The Labute approximate surface area is 198 Å². The number of carbonyl (C=O) groups is 4. The standard InChI is InChI=1S/C20H38N4O6S2/c1-11(2)10-15(20(29)30)23-19(28)16(12(3)25)24-18(27)14(7-9-32-5)22-17(26)13(21)6-8-31-4/h11-16,25H,6-10,21H2,1-5H3,(H,22,26)(H,23,28)(H,24,27)(H,29,30). The summed E-state index contributed by atoms with van der Waals surface area (Å²) in [6.45, 7) is 4.95. The Morgan fingerprint density at radius 3 is 1.84 bits per heavy atom. The van der Waals surface area contributed by atoms with Gasteiger partial charge in [0.05, 0.1) is 12.1 Å². The Bertz CT molecular complexity index is 621. The lowest BCUT2D eigenvalue weighted by Gasteiger charge is -2.26. The van der Waals surface area contributed by atoms with Crippen molar-refractivity contribution < 1.29 is 29.4 Å². The van der Waals surface area contributed by atoms with E-state index in [2.05, 4.69) is 16.0 Å². The van der Waals surface area contributed by atoms with Crippen molar-refractivity contribution in [3.8, 4) is 0 Å². The Hall–Kier alpha value is -1.50. The van der Waals surface area contributed by atoms with Gasteiger partial charge in [0, 0.05) is 0 Å². The quantitative estimate of drug-likeness (QED) is 0.170. The molecule has 0 bridgehead atoms. The molecule has 0 aliphatic carbocycles. The third kappa shape index (κ3) is 11.9. The number of aliphatic hydroxyl groups is 1. The molecule has 0 heterocycles. The molecule has 3 amide bonds. The minimum absolute atomic E-state index is 0.0115. The van der Waals surface area contributed by atoms with Crippen LogP contribution in [0.25, 0.3) is 0 Å². The van der Waals surface area contributed by atoms with Gasteiger partial charge in [0.25, 0.3) is 0 Å². The molecular weight excluding hydrogens is 456 g/mol. The van der Waals surface area contributed by atoms with Crippen LogP contribution >= 0.6 is 23.5 Å². The molecule has 12 heteroatoms. The fourth-order valence-electron chi connectivity index (χ4n) is 2.77. The van der Waals surface area contributed by atoms with Crippen molar-refractivity contribution in [2.24, 2.45) is 11.7 Å². The lowest BCUT2D eigenvalue weighted by molar-refractivity contribution is -0.143. The average Bonchev–Trinajstić information content (AvgIpc) is 2.71. The number of aliphatic carboxylic acids is 1. The first-order valence-corrected chi connectivity index (χ1v) is 13.3. The molecule has 0 aliphatic rings. The largest absolute Gasteiger partial charge is 0.480 e. The second-order valence-electron chi connectivity index (χ2n) is 7.99. The van der Waals surface area contributed by atoms with Gasteiger partial charge >= 0.3 is 5.97 Å². The molecule has 0 aliphatic heterocycles. The summed E-state index contributed by atoms with van der Waals surface area (Å²) in [5, 5.41) is 26.8. The molecular formula is C20H38N4O6S2. The Morgan fingerprint density at radius 1 is 0.844 bits per heavy atom. The fraction of sp³-hybridized carbons (Fsp3) is 0.800. The zero-order chi connectivity index (χ0) is 24.8. The molecule has 0 aromatic heterocycles. The highest BCUT2D eigenvalue weighted by Crippen LogP contribution is 2.08. The van der Waals surface area contributed by atoms with Crippen molar-refractivity contribution in [3.05, 3.63) is 0 Å². The maximum absolute atomic E-state index is 12.9. The first-order valence-electron chi connectivity index (χ1n) is 10.5. The number of rotatable bonds is 16. The van der Waals surface area contributed by atoms with Crippen molar-refractivity contribution in [1.82, 2.24) is 16.0 Å². The topological polar surface area (TPSA) is 171 Å². The van der Waals surface area contributed by atoms with Gasteiger partial charge in [-0.15, -0.1) is 0 Å². The number of amides is 3. The maximum Gasteiger partial charge on any atom is 0.326 e. The Kier molecular flexibility index (Phi) is 15.4. The normalized spacial score (nSPS) is 15.9. The summed E-state index contributed by atoms with van der Waals surface area (Å²) in [7, 11) is 0. The van der Waals surface area contributed by atoms with Crippen LogP contribution in [-0.4, -0.2) is 88.2 Å². The summed E-state index contributed by atoms with van der Waals surface area (Å²) in [6.07, 6.45) is 3.42. The molecule has 32 heavy (non-hydrogen) atoms. The first-order chi connectivity index (χ1) is 14.9. The molecule has 5 unspecified atom stereocenters. The van der Waals surface area contributed by atoms with Gasteiger partial charge in [0.15, 0.2) is 0 Å². The molecule has 7 N–H and O–H groups in total. The zero-order valence-electron chi connectivity index (χ0n) is 19.4. The molecule has 0 saturated heterocycles. The van der Waals surface area contributed by atoms with E-state index >= 15 is 0 Å². The molecule has 0 saturated carbocycles. The molecule has 5 atom stereocenters. The number of nitrogens with two attached hydrogens (primary N) is 1. The van der Waals surface area contributed by atoms with E-state index in [-0.39, 0.29) is 12.3 Å². The SMILES string of the molecule is CSCCC(N)C(=O)NC(CCSC)C(=O)NC(C(=O)NC(CC(C)C)C(=O)O)C(C)O. The molecule has 0 spiro atoms. The van der Waals surface area contributed by atoms with Crippen LogP contribution < -0.4 is 21.7 Å². The van der Waals surface area contributed by atoms with E-state index in [4.69, 9.17) is 5.73 Å². The van der Waals surface area contributed by atoms with E-state index in [1.54, 1.807) is 11.8 Å². The minimum atomic E-state index is -1.38. The van der Waals surface area contributed by atoms with Crippen LogP contribution in [0, 0.1) is 5.92 Å². The predicted octanol–water partition coefficient (Wildman–Crippen LogP) is -0.214. The van der Waals surface area contributed by atoms with Gasteiger partial charge in [-0.2, -0.15) is 23.5 Å². The number of thioether (sulfide) groups is 2. The number of carboxylic acids is 1. The average molecular weight is 495 g/mol. The molecule has 0 aromatic carbocycles. The summed E-state index contributed by atoms with van der Waals surface area (Å²) >= 11 is 3.04. The summed E-state index contributed by atoms with van der Waals surface area (Å²) in [4.78, 5) is 49.3. The molecule has 0 radical (unpaired) electrons. The number of aliphatic hydroxyl groups excluding tert-OH is 1. The lowest BCUT2D eigenvalue weighted by Crippen LogP contribution is -2.60. The van der Waals surface area contributed by atoms with Crippen LogP contribution in [0.15, 0.2) is 0 Å². The summed E-state index contributed by atoms with van der Waals surface area (Å²) in [5.74, 6) is -1.86. The van der Waals surface area contributed by atoms with Crippen LogP contribution in [0.2, 0.25) is 0 Å². The fourth-order valence-corrected chi connectivity index (χ4v) is 3.73. The van der Waals surface area contributed by atoms with Crippen LogP contribution in [0.1, 0.15) is 40.0 Å². The third-order valence-corrected chi connectivity index (χ3v) is 5.89. The smallest absolute Gasteiger partial charge is 0.326 e. The van der Waals surface area contributed by atoms with E-state index in [1.165, 1.54) is 18.7 Å². The number of hydrogen-bond acceptors (Lipinski definition) is 8. The highest BCUT2D eigenvalue weighted by atomic mass is 32.2. The molecule has 0 fully saturated rings. The third-order valence-electron chi connectivity index (χ3n) is 4.60. The van der Waals surface area contributed by atoms with Crippen molar-refractivity contribution in [2.75, 3.05) is 24.0 Å². The van der Waals surface area contributed by atoms with Gasteiger partial charge in [0.1, 0.15) is 18.1 Å². The van der Waals surface area contributed by atoms with Gasteiger partial charge < -0.3 is 31.9 Å². The van der Waals surface area contributed by atoms with Crippen LogP contribution in [0.4, 0.5) is 0 Å². The molecule has 10 nitrogen and oxygen atoms in total. The second kappa shape index (κ2) is 16.2. The van der Waals surface area contributed by atoms with Crippen molar-refractivity contribution in [1.29, 1.82) is 0 Å². The number of carboxylic acid groups (broad SMARTS) is 1. The van der Waals surface area contributed by atoms with Gasteiger partial charge in [-0.1, -0.05) is 13.8 Å². The van der Waals surface area contributed by atoms with Crippen LogP contribution in [0.5, 0.6) is 0 Å². The number of carbonyl (C=O) groups excluding carboxylic acids is 3. The van der Waals surface area contributed by atoms with Gasteiger partial charge in [-0.05, 0) is 56.1 Å². The molecule has 186 valence electrons. The van der Waals surface area contributed by atoms with Crippen molar-refractivity contribution >= 4 is 47.2 Å². The molecule has 0 rings (SSSR count). The Morgan fingerprint density at radius 2 is 1.38 bits per heavy atom. The monoisotopic (exact) mass is 494 g/mol. The Balaban J connectivity index is 5.32. The lowest BCUT2D eigenvalue weighted by atomic mass is 10.0. The predicted molar refractivity (Wildman–Crippen MR) is 129 cm³/mol. The highest BCUT2D eigenvalue weighted by molar-refractivity contribution is 7.98. The van der Waals surface area contributed by atoms with Gasteiger partial charge in [-0.25, -0.2) is 4.79 Å². The van der Waals surface area contributed by atoms with E-state index in [0.29, 0.717) is 24.3 Å². The zero-order valence-corrected chi connectivity index (χ0v) is 21.1. The van der Waals surface area contributed by atoms with Crippen molar-refractivity contribution in [2.45, 2.75) is 70.3 Å². The van der Waals surface area contributed by atoms with Gasteiger partial charge in [0.2, 0.25) is 17.7 Å². The second-order valence-corrected chi connectivity index (χ2v) is 9.96. The van der Waals surface area contributed by atoms with Crippen LogP contribution in [-0.2, 0) is 19.2 Å². The van der Waals surface area contributed by atoms with Gasteiger partial charge in [-0.3, -0.25) is 14.4 Å². The van der Waals surface area contributed by atoms with Crippen LogP contribution in [0.3, 0.4) is 0 Å². The number of nitrogens with one attached hydrogen (secondary N) is 3. The maximum atomic E-state index is 12.9. The summed E-state index contributed by atoms with van der Waals surface area (Å²) < 4.78 is 0. The number of hydrogen-bond donors (Lipinski definition) is 6. The molecule has 0 aromatic rings. The summed E-state index contributed by atoms with van der Waals surface area (Å²) in [5.41, 5.74) is 5.88. The van der Waals surface area contributed by atoms with E-state index in [1.807, 2.05) is 26.4 Å². The first kappa shape index (κ1) is 30.5. The van der Waals surface area contributed by atoms with E-state index in [9.17, 15) is 29.4 Å². The highest BCUT2D eigenvalue weighted by Gasteiger charge is 2.32.